The van der Waals surface area contributed by atoms with Crippen molar-refractivity contribution in [3.8, 4) is 0 Å². The van der Waals surface area contributed by atoms with E-state index in [0.29, 0.717) is 12.1 Å². The Hall–Kier alpha value is -1.40. The number of sulfonamides is 1. The van der Waals surface area contributed by atoms with E-state index < -0.39 is 10.0 Å². The van der Waals surface area contributed by atoms with Gasteiger partial charge >= 0.3 is 0 Å². The SMILES string of the molecule is CC1(C)C[C@H]2C[C@](C)(CN2S(=O)(=O)c2cccc(C(=O)NC3CCCCC3)c2)C1. The molecule has 2 bridgehead atoms. The average molecular weight is 419 g/mol. The zero-order chi connectivity index (χ0) is 20.9. The topological polar surface area (TPSA) is 66.5 Å². The molecule has 2 aliphatic carbocycles. The fraction of sp³-hybridized carbons (Fsp3) is 0.696. The van der Waals surface area contributed by atoms with Crippen molar-refractivity contribution in [1.29, 1.82) is 0 Å². The van der Waals surface area contributed by atoms with Crippen molar-refractivity contribution in [2.75, 3.05) is 6.54 Å². The van der Waals surface area contributed by atoms with Gasteiger partial charge < -0.3 is 5.32 Å². The molecule has 0 aromatic heterocycles. The van der Waals surface area contributed by atoms with E-state index >= 15 is 0 Å². The first kappa shape index (κ1) is 20.9. The lowest BCUT2D eigenvalue weighted by atomic mass is 9.65. The molecule has 160 valence electrons. The monoisotopic (exact) mass is 418 g/mol. The van der Waals surface area contributed by atoms with Crippen molar-refractivity contribution in [3.05, 3.63) is 29.8 Å². The summed E-state index contributed by atoms with van der Waals surface area (Å²) >= 11 is 0. The fourth-order valence-corrected chi connectivity index (χ4v) is 7.96. The number of nitrogens with zero attached hydrogens (tertiary/aromatic N) is 1. The Kier molecular flexibility index (Phi) is 5.31. The first-order valence-corrected chi connectivity index (χ1v) is 12.4. The largest absolute Gasteiger partial charge is 0.349 e. The molecule has 1 N–H and O–H groups in total. The molecule has 1 amide bonds. The van der Waals surface area contributed by atoms with E-state index in [-0.39, 0.29) is 33.7 Å². The van der Waals surface area contributed by atoms with Crippen molar-refractivity contribution >= 4 is 15.9 Å². The van der Waals surface area contributed by atoms with Gasteiger partial charge in [0.1, 0.15) is 0 Å². The van der Waals surface area contributed by atoms with Gasteiger partial charge in [-0.25, -0.2) is 8.42 Å². The second kappa shape index (κ2) is 7.38. The zero-order valence-electron chi connectivity index (χ0n) is 17.9. The first-order chi connectivity index (χ1) is 13.6. The minimum Gasteiger partial charge on any atom is -0.349 e. The third-order valence-electron chi connectivity index (χ3n) is 7.01. The molecular weight excluding hydrogens is 384 g/mol. The van der Waals surface area contributed by atoms with Gasteiger partial charge in [-0.3, -0.25) is 4.79 Å². The molecule has 1 heterocycles. The molecule has 6 heteroatoms. The van der Waals surface area contributed by atoms with Crippen LogP contribution in [0.3, 0.4) is 0 Å². The second-order valence-electron chi connectivity index (χ2n) is 10.6. The number of carbonyl (C=O) groups is 1. The van der Waals surface area contributed by atoms with E-state index in [4.69, 9.17) is 0 Å². The summed E-state index contributed by atoms with van der Waals surface area (Å²) in [6, 6.07) is 6.84. The van der Waals surface area contributed by atoms with Crippen LogP contribution in [0.5, 0.6) is 0 Å². The highest BCUT2D eigenvalue weighted by molar-refractivity contribution is 7.89. The molecule has 0 spiro atoms. The summed E-state index contributed by atoms with van der Waals surface area (Å²) in [5, 5.41) is 3.09. The Morgan fingerprint density at radius 3 is 2.55 bits per heavy atom. The summed E-state index contributed by atoms with van der Waals surface area (Å²) in [4.78, 5) is 13.0. The van der Waals surface area contributed by atoms with Gasteiger partial charge in [0.2, 0.25) is 10.0 Å². The summed E-state index contributed by atoms with van der Waals surface area (Å²) in [6.45, 7) is 7.26. The predicted molar refractivity (Wildman–Crippen MR) is 114 cm³/mol. The molecule has 3 aliphatic rings. The van der Waals surface area contributed by atoms with Crippen molar-refractivity contribution in [3.63, 3.8) is 0 Å². The maximum atomic E-state index is 13.5. The maximum Gasteiger partial charge on any atom is 0.251 e. The molecule has 1 aromatic rings. The van der Waals surface area contributed by atoms with Gasteiger partial charge in [0.15, 0.2) is 0 Å². The highest BCUT2D eigenvalue weighted by Gasteiger charge is 2.53. The lowest BCUT2D eigenvalue weighted by molar-refractivity contribution is 0.0927. The van der Waals surface area contributed by atoms with Gasteiger partial charge in [0, 0.05) is 24.2 Å². The minimum absolute atomic E-state index is 0.0372. The predicted octanol–water partition coefficient (Wildman–Crippen LogP) is 4.34. The summed E-state index contributed by atoms with van der Waals surface area (Å²) in [5.41, 5.74) is 0.629. The molecule has 1 aliphatic heterocycles. The Bertz CT molecular complexity index is 889. The molecule has 0 radical (unpaired) electrons. The number of rotatable bonds is 4. The van der Waals surface area contributed by atoms with E-state index in [1.807, 2.05) is 0 Å². The molecule has 5 nitrogen and oxygen atoms in total. The average Bonchev–Trinajstić information content (AvgIpc) is 2.92. The number of carbonyl (C=O) groups excluding carboxylic acids is 1. The second-order valence-corrected chi connectivity index (χ2v) is 12.5. The van der Waals surface area contributed by atoms with Crippen molar-refractivity contribution in [2.45, 2.75) is 89.1 Å². The number of fused-ring (bicyclic) bond motifs is 2. The number of hydrogen-bond donors (Lipinski definition) is 1. The summed E-state index contributed by atoms with van der Waals surface area (Å²) in [6.07, 6.45) is 8.40. The Labute approximate surface area is 175 Å². The van der Waals surface area contributed by atoms with E-state index in [9.17, 15) is 13.2 Å². The Morgan fingerprint density at radius 2 is 1.83 bits per heavy atom. The third kappa shape index (κ3) is 4.24. The van der Waals surface area contributed by atoms with E-state index in [0.717, 1.165) is 44.9 Å². The van der Waals surface area contributed by atoms with Crippen LogP contribution >= 0.6 is 0 Å². The normalized spacial score (nSPS) is 30.2. The number of nitrogens with one attached hydrogen (secondary N) is 1. The van der Waals surface area contributed by atoms with Crippen LogP contribution in [-0.4, -0.2) is 37.3 Å². The van der Waals surface area contributed by atoms with Crippen LogP contribution < -0.4 is 5.32 Å². The summed E-state index contributed by atoms with van der Waals surface area (Å²) < 4.78 is 28.7. The van der Waals surface area contributed by atoms with Crippen LogP contribution in [0.15, 0.2) is 29.2 Å². The number of hydrogen-bond acceptors (Lipinski definition) is 3. The van der Waals surface area contributed by atoms with E-state index in [2.05, 4.69) is 26.1 Å². The van der Waals surface area contributed by atoms with Gasteiger partial charge in [-0.1, -0.05) is 46.1 Å². The Morgan fingerprint density at radius 1 is 1.10 bits per heavy atom. The molecular formula is C23H34N2O3S. The molecule has 2 saturated carbocycles. The van der Waals surface area contributed by atoms with Crippen LogP contribution in [0.4, 0.5) is 0 Å². The molecule has 3 fully saturated rings. The Balaban J connectivity index is 1.55. The van der Waals surface area contributed by atoms with Gasteiger partial charge in [0.25, 0.3) is 5.91 Å². The van der Waals surface area contributed by atoms with E-state index in [1.54, 1.807) is 28.6 Å². The highest BCUT2D eigenvalue weighted by atomic mass is 32.2. The third-order valence-corrected chi connectivity index (χ3v) is 8.90. The van der Waals surface area contributed by atoms with Crippen LogP contribution in [0.2, 0.25) is 0 Å². The first-order valence-electron chi connectivity index (χ1n) is 11.0. The zero-order valence-corrected chi connectivity index (χ0v) is 18.7. The molecule has 29 heavy (non-hydrogen) atoms. The van der Waals surface area contributed by atoms with Crippen LogP contribution in [0, 0.1) is 10.8 Å². The molecule has 2 atom stereocenters. The van der Waals surface area contributed by atoms with Crippen LogP contribution in [0.1, 0.15) is 82.5 Å². The van der Waals surface area contributed by atoms with Crippen LogP contribution in [0.25, 0.3) is 0 Å². The molecule has 1 aromatic carbocycles. The fourth-order valence-electron chi connectivity index (χ4n) is 6.14. The van der Waals surface area contributed by atoms with Gasteiger partial charge in [-0.05, 0) is 61.1 Å². The molecule has 4 rings (SSSR count). The highest BCUT2D eigenvalue weighted by Crippen LogP contribution is 2.53. The van der Waals surface area contributed by atoms with Gasteiger partial charge in [0.05, 0.1) is 4.90 Å². The van der Waals surface area contributed by atoms with Gasteiger partial charge in [-0.2, -0.15) is 4.31 Å². The van der Waals surface area contributed by atoms with E-state index in [1.165, 1.54) is 6.42 Å². The smallest absolute Gasteiger partial charge is 0.251 e. The lowest BCUT2D eigenvalue weighted by Gasteiger charge is -2.39. The molecule has 1 saturated heterocycles. The standard InChI is InChI=1S/C23H34N2O3S/c1-22(2)13-19-14-23(3,15-22)16-25(19)29(27,28)20-11-7-8-17(12-20)21(26)24-18-9-5-4-6-10-18/h7-8,11-12,18-19H,4-6,9-10,13-16H2,1-3H3,(H,24,26)/t19-,23-/m0/s1. The van der Waals surface area contributed by atoms with Crippen molar-refractivity contribution < 1.29 is 13.2 Å². The number of benzene rings is 1. The maximum absolute atomic E-state index is 13.5. The van der Waals surface area contributed by atoms with Crippen molar-refractivity contribution in [1.82, 2.24) is 9.62 Å². The summed E-state index contributed by atoms with van der Waals surface area (Å²) in [7, 11) is -3.62. The molecule has 0 unspecified atom stereocenters. The van der Waals surface area contributed by atoms with Crippen LogP contribution in [-0.2, 0) is 10.0 Å². The quantitative estimate of drug-likeness (QED) is 0.791. The lowest BCUT2D eigenvalue weighted by Crippen LogP contribution is -2.38. The minimum atomic E-state index is -3.62. The van der Waals surface area contributed by atoms with Crippen molar-refractivity contribution in [2.24, 2.45) is 10.8 Å². The summed E-state index contributed by atoms with van der Waals surface area (Å²) in [5.74, 6) is -0.165. The number of amides is 1. The van der Waals surface area contributed by atoms with Gasteiger partial charge in [-0.15, -0.1) is 0 Å².